The molecule has 0 radical (unpaired) electrons. The van der Waals surface area contributed by atoms with Crippen LogP contribution in [-0.4, -0.2) is 40.9 Å². The van der Waals surface area contributed by atoms with E-state index in [1.165, 1.54) is 36.5 Å². The molecule has 0 amide bonds. The monoisotopic (exact) mass is 353 g/mol. The number of phenols is 1. The average molecular weight is 353 g/mol. The molecule has 1 aliphatic heterocycles. The molecule has 1 saturated carbocycles. The van der Waals surface area contributed by atoms with Crippen LogP contribution in [0.1, 0.15) is 47.8 Å². The number of aromatic nitrogens is 2. The summed E-state index contributed by atoms with van der Waals surface area (Å²) in [5, 5.41) is 17.8. The van der Waals surface area contributed by atoms with E-state index >= 15 is 0 Å². The molecule has 1 aliphatic carbocycles. The Bertz CT molecular complexity index is 837. The van der Waals surface area contributed by atoms with Gasteiger partial charge in [0.25, 0.3) is 0 Å². The van der Waals surface area contributed by atoms with Gasteiger partial charge in [0.2, 0.25) is 0 Å². The Kier molecular flexibility index (Phi) is 4.75. The van der Waals surface area contributed by atoms with Crippen molar-refractivity contribution in [3.8, 4) is 11.5 Å². The van der Waals surface area contributed by atoms with E-state index in [1.807, 2.05) is 6.20 Å². The molecule has 6 heteroatoms. The zero-order chi connectivity index (χ0) is 17.9. The fourth-order valence-electron chi connectivity index (χ4n) is 3.58. The third-order valence-corrected chi connectivity index (χ3v) is 5.30. The molecule has 2 heterocycles. The van der Waals surface area contributed by atoms with Gasteiger partial charge in [-0.15, -0.1) is 0 Å². The van der Waals surface area contributed by atoms with Crippen LogP contribution < -0.4 is 10.1 Å². The lowest BCUT2D eigenvalue weighted by molar-refractivity contribution is 0.111. The van der Waals surface area contributed by atoms with Crippen molar-refractivity contribution in [1.29, 1.82) is 0 Å². The van der Waals surface area contributed by atoms with Gasteiger partial charge < -0.3 is 15.2 Å². The zero-order valence-corrected chi connectivity index (χ0v) is 14.6. The third-order valence-electron chi connectivity index (χ3n) is 5.30. The highest BCUT2D eigenvalue weighted by Crippen LogP contribution is 2.35. The molecule has 1 aromatic carbocycles. The minimum Gasteiger partial charge on any atom is -0.507 e. The number of carbonyl (C=O) groups excluding carboxylic acids is 1. The van der Waals surface area contributed by atoms with Gasteiger partial charge >= 0.3 is 0 Å². The van der Waals surface area contributed by atoms with Crippen LogP contribution in [0, 0.1) is 0 Å². The van der Waals surface area contributed by atoms with Crippen molar-refractivity contribution in [2.24, 2.45) is 0 Å². The fourth-order valence-corrected chi connectivity index (χ4v) is 3.58. The Morgan fingerprint density at radius 2 is 2.23 bits per heavy atom. The summed E-state index contributed by atoms with van der Waals surface area (Å²) in [5.41, 5.74) is 3.80. The van der Waals surface area contributed by atoms with Crippen LogP contribution in [-0.2, 0) is 0 Å². The number of benzene rings is 1. The molecular weight excluding hydrogens is 330 g/mol. The first-order chi connectivity index (χ1) is 12.8. The molecule has 1 aromatic heterocycles. The lowest BCUT2D eigenvalue weighted by atomic mass is 9.92. The SMILES string of the molecule is O=Cc1c(O)cccc1OCC1=C(c2ccnn2C2CCC2)CNCC1. The second-order valence-corrected chi connectivity index (χ2v) is 6.85. The Morgan fingerprint density at radius 1 is 1.35 bits per heavy atom. The number of nitrogens with one attached hydrogen (secondary N) is 1. The number of aromatic hydroxyl groups is 1. The van der Waals surface area contributed by atoms with Gasteiger partial charge in [-0.05, 0) is 61.6 Å². The van der Waals surface area contributed by atoms with E-state index in [0.29, 0.717) is 24.7 Å². The van der Waals surface area contributed by atoms with E-state index in [2.05, 4.69) is 21.2 Å². The Morgan fingerprint density at radius 3 is 3.00 bits per heavy atom. The Hall–Kier alpha value is -2.60. The highest BCUT2D eigenvalue weighted by atomic mass is 16.5. The number of carbonyl (C=O) groups is 1. The van der Waals surface area contributed by atoms with Crippen molar-refractivity contribution in [1.82, 2.24) is 15.1 Å². The predicted molar refractivity (Wildman–Crippen MR) is 98.5 cm³/mol. The summed E-state index contributed by atoms with van der Waals surface area (Å²) in [6, 6.07) is 7.46. The molecule has 6 nitrogen and oxygen atoms in total. The van der Waals surface area contributed by atoms with Crippen LogP contribution in [0.25, 0.3) is 5.57 Å². The first kappa shape index (κ1) is 16.8. The standard InChI is InChI=1S/C20H23N3O3/c24-12-17-19(25)5-2-6-20(17)26-13-14-7-9-21-11-16(14)18-8-10-22-23(18)15-3-1-4-15/h2,5-6,8,10,12,15,21,25H,1,3-4,7,9,11,13H2. The maximum absolute atomic E-state index is 11.2. The number of aldehydes is 1. The van der Waals surface area contributed by atoms with Crippen molar-refractivity contribution < 1.29 is 14.6 Å². The van der Waals surface area contributed by atoms with Gasteiger partial charge in [0, 0.05) is 12.7 Å². The average Bonchev–Trinajstić information content (AvgIpc) is 3.07. The van der Waals surface area contributed by atoms with E-state index < -0.39 is 0 Å². The molecule has 0 bridgehead atoms. The molecule has 1 fully saturated rings. The van der Waals surface area contributed by atoms with Crippen molar-refractivity contribution in [2.45, 2.75) is 31.7 Å². The third kappa shape index (κ3) is 3.12. The van der Waals surface area contributed by atoms with Crippen LogP contribution in [0.15, 0.2) is 36.0 Å². The normalized spacial score (nSPS) is 17.8. The number of nitrogens with zero attached hydrogens (tertiary/aromatic N) is 2. The molecule has 0 atom stereocenters. The largest absolute Gasteiger partial charge is 0.507 e. The summed E-state index contributed by atoms with van der Waals surface area (Å²) in [6.07, 6.45) is 7.03. The van der Waals surface area contributed by atoms with Crippen LogP contribution in [0.3, 0.4) is 0 Å². The molecule has 26 heavy (non-hydrogen) atoms. The second-order valence-electron chi connectivity index (χ2n) is 6.85. The number of phenolic OH excluding ortho intramolecular Hbond substituents is 1. The summed E-state index contributed by atoms with van der Waals surface area (Å²) < 4.78 is 8.06. The minimum absolute atomic E-state index is 0.0555. The molecule has 2 N–H and O–H groups in total. The van der Waals surface area contributed by atoms with Crippen LogP contribution in [0.4, 0.5) is 0 Å². The maximum Gasteiger partial charge on any atom is 0.157 e. The quantitative estimate of drug-likeness (QED) is 0.781. The number of ether oxygens (including phenoxy) is 1. The van der Waals surface area contributed by atoms with Gasteiger partial charge in [0.05, 0.1) is 17.3 Å². The number of rotatable bonds is 6. The van der Waals surface area contributed by atoms with Crippen LogP contribution >= 0.6 is 0 Å². The second kappa shape index (κ2) is 7.33. The summed E-state index contributed by atoms with van der Waals surface area (Å²) in [6.45, 7) is 2.09. The molecule has 4 rings (SSSR count). The maximum atomic E-state index is 11.2. The number of hydrogen-bond donors (Lipinski definition) is 2. The van der Waals surface area contributed by atoms with Crippen LogP contribution in [0.5, 0.6) is 11.5 Å². The minimum atomic E-state index is -0.0555. The molecule has 2 aromatic rings. The van der Waals surface area contributed by atoms with E-state index in [1.54, 1.807) is 12.1 Å². The summed E-state index contributed by atoms with van der Waals surface area (Å²) in [4.78, 5) is 11.2. The van der Waals surface area contributed by atoms with Gasteiger partial charge in [-0.1, -0.05) is 6.07 Å². The van der Waals surface area contributed by atoms with E-state index in [9.17, 15) is 9.90 Å². The molecule has 0 saturated heterocycles. The van der Waals surface area contributed by atoms with Crippen molar-refractivity contribution in [2.75, 3.05) is 19.7 Å². The zero-order valence-electron chi connectivity index (χ0n) is 14.6. The smallest absolute Gasteiger partial charge is 0.157 e. The van der Waals surface area contributed by atoms with E-state index in [0.717, 1.165) is 25.2 Å². The van der Waals surface area contributed by atoms with Crippen molar-refractivity contribution in [3.05, 3.63) is 47.3 Å². The van der Waals surface area contributed by atoms with Crippen molar-refractivity contribution in [3.63, 3.8) is 0 Å². The highest BCUT2D eigenvalue weighted by Gasteiger charge is 2.25. The first-order valence-electron chi connectivity index (χ1n) is 9.13. The van der Waals surface area contributed by atoms with E-state index in [-0.39, 0.29) is 11.3 Å². The topological polar surface area (TPSA) is 76.4 Å². The van der Waals surface area contributed by atoms with Crippen LogP contribution in [0.2, 0.25) is 0 Å². The van der Waals surface area contributed by atoms with Gasteiger partial charge in [0.1, 0.15) is 18.1 Å². The Labute approximate surface area is 152 Å². The molecule has 136 valence electrons. The molecule has 0 unspecified atom stereocenters. The van der Waals surface area contributed by atoms with Gasteiger partial charge in [-0.25, -0.2) is 0 Å². The van der Waals surface area contributed by atoms with E-state index in [4.69, 9.17) is 4.74 Å². The Balaban J connectivity index is 1.60. The van der Waals surface area contributed by atoms with Gasteiger partial charge in [0.15, 0.2) is 6.29 Å². The van der Waals surface area contributed by atoms with Gasteiger partial charge in [-0.3, -0.25) is 9.48 Å². The lowest BCUT2D eigenvalue weighted by Crippen LogP contribution is -2.29. The predicted octanol–water partition coefficient (Wildman–Crippen LogP) is 2.95. The first-order valence-corrected chi connectivity index (χ1v) is 9.13. The fraction of sp³-hybridized carbons (Fsp3) is 0.400. The molecule has 2 aliphatic rings. The summed E-state index contributed by atoms with van der Waals surface area (Å²) >= 11 is 0. The molecular formula is C20H23N3O3. The summed E-state index contributed by atoms with van der Waals surface area (Å²) in [5.74, 6) is 0.359. The number of hydrogen-bond acceptors (Lipinski definition) is 5. The van der Waals surface area contributed by atoms with Crippen molar-refractivity contribution >= 4 is 11.9 Å². The summed E-state index contributed by atoms with van der Waals surface area (Å²) in [7, 11) is 0. The van der Waals surface area contributed by atoms with Gasteiger partial charge in [-0.2, -0.15) is 5.10 Å². The molecule has 0 spiro atoms. The highest BCUT2D eigenvalue weighted by molar-refractivity contribution is 5.83. The lowest BCUT2D eigenvalue weighted by Gasteiger charge is -2.30.